The van der Waals surface area contributed by atoms with Gasteiger partial charge in [-0.2, -0.15) is 4.98 Å². The highest BCUT2D eigenvalue weighted by Crippen LogP contribution is 2.58. The number of imidazole rings is 2. The summed E-state index contributed by atoms with van der Waals surface area (Å²) < 4.78 is 66.3. The van der Waals surface area contributed by atoms with Gasteiger partial charge in [0.2, 0.25) is 5.95 Å². The summed E-state index contributed by atoms with van der Waals surface area (Å²) >= 11 is 9.31. The molecule has 12 N–H and O–H groups in total. The summed E-state index contributed by atoms with van der Waals surface area (Å²) in [5.74, 6) is -0.0670. The van der Waals surface area contributed by atoms with E-state index in [4.69, 9.17) is 50.8 Å². The van der Waals surface area contributed by atoms with Crippen LogP contribution in [-0.2, 0) is 43.9 Å². The van der Waals surface area contributed by atoms with E-state index in [-0.39, 0.29) is 41.7 Å². The molecule has 252 valence electrons. The van der Waals surface area contributed by atoms with Crippen LogP contribution in [0.3, 0.4) is 0 Å². The largest absolute Gasteiger partial charge is 0.386 e. The van der Waals surface area contributed by atoms with Crippen LogP contribution in [0.15, 0.2) is 23.8 Å². The summed E-state index contributed by atoms with van der Waals surface area (Å²) in [6.45, 7) is -9.43. The molecule has 26 heteroatoms. The number of hydrogen-bond acceptors (Lipinski definition) is 18. The zero-order valence-corrected chi connectivity index (χ0v) is 26.9. The highest BCUT2D eigenvalue weighted by molar-refractivity contribution is 8.44. The number of nitrogen functional groups attached to an aromatic ring is 2. The van der Waals surface area contributed by atoms with Gasteiger partial charge in [-0.3, -0.25) is 32.5 Å². The smallest absolute Gasteiger partial charge is 0.382 e. The molecule has 3 saturated heterocycles. The molecule has 3 fully saturated rings. The third-order valence-corrected chi connectivity index (χ3v) is 10.4. The minimum absolute atomic E-state index is 0. The number of ether oxygens (including phenoxy) is 2. The molecular weight excluding hydrogens is 697 g/mol. The van der Waals surface area contributed by atoms with Crippen molar-refractivity contribution in [1.82, 2.24) is 51.3 Å². The molecule has 4 aromatic rings. The molecule has 0 aliphatic carbocycles. The topological polar surface area (TPSA) is 322 Å². The normalized spacial score (nSPS) is 35.0. The van der Waals surface area contributed by atoms with E-state index in [0.717, 1.165) is 6.33 Å². The van der Waals surface area contributed by atoms with Gasteiger partial charge in [-0.05, 0) is 11.8 Å². The van der Waals surface area contributed by atoms with E-state index >= 15 is 4.39 Å². The first-order valence-corrected chi connectivity index (χ1v) is 18.1. The van der Waals surface area contributed by atoms with E-state index in [2.05, 4.69) is 42.2 Å². The van der Waals surface area contributed by atoms with Crippen LogP contribution in [0.25, 0.3) is 22.3 Å². The number of rotatable bonds is 2. The zero-order valence-electron chi connectivity index (χ0n) is 23.4. The molecule has 7 heterocycles. The summed E-state index contributed by atoms with van der Waals surface area (Å²) in [7, 11) is 0. The number of aromatic nitrogens is 8. The molecule has 9 atom stereocenters. The summed E-state index contributed by atoms with van der Waals surface area (Å²) in [6, 6.07) is 0. The first kappa shape index (κ1) is 34.6. The fourth-order valence-electron chi connectivity index (χ4n) is 5.23. The molecular formula is C20H29FN12O9P2S2. The Morgan fingerprint density at radius 3 is 2.50 bits per heavy atom. The van der Waals surface area contributed by atoms with Gasteiger partial charge in [-0.25, -0.2) is 28.9 Å². The average molecular weight is 727 g/mol. The minimum atomic E-state index is -4.22. The van der Waals surface area contributed by atoms with Crippen LogP contribution in [0, 0.1) is 0 Å². The van der Waals surface area contributed by atoms with E-state index in [1.165, 1.54) is 17.2 Å². The van der Waals surface area contributed by atoms with E-state index in [9.17, 15) is 14.3 Å². The van der Waals surface area contributed by atoms with Crippen molar-refractivity contribution in [2.75, 3.05) is 24.7 Å². The Balaban J connectivity index is 0.00000208. The Morgan fingerprint density at radius 1 is 1.00 bits per heavy atom. The quantitative estimate of drug-likeness (QED) is 0.112. The van der Waals surface area contributed by atoms with Crippen molar-refractivity contribution in [3.63, 3.8) is 0 Å². The summed E-state index contributed by atoms with van der Waals surface area (Å²) in [5.41, 5.74) is 11.5. The van der Waals surface area contributed by atoms with Gasteiger partial charge in [-0.15, -0.1) is 0 Å². The predicted octanol–water partition coefficient (Wildman–Crippen LogP) is 1.04. The monoisotopic (exact) mass is 726 g/mol. The first-order valence-electron chi connectivity index (χ1n) is 12.8. The van der Waals surface area contributed by atoms with Gasteiger partial charge < -0.3 is 42.7 Å². The van der Waals surface area contributed by atoms with Gasteiger partial charge in [0, 0.05) is 6.42 Å². The number of anilines is 2. The molecule has 2 unspecified atom stereocenters. The Hall–Kier alpha value is -2.70. The number of nitrogens with one attached hydrogen (secondary N) is 1. The molecule has 21 nitrogen and oxygen atoms in total. The molecule has 3 aliphatic rings. The van der Waals surface area contributed by atoms with Crippen LogP contribution in [0.2, 0.25) is 0 Å². The number of nitrogens with zero attached hydrogens (tertiary/aromatic N) is 7. The summed E-state index contributed by atoms with van der Waals surface area (Å²) in [5, 5.41) is 0. The van der Waals surface area contributed by atoms with Gasteiger partial charge in [0.15, 0.2) is 35.0 Å². The lowest BCUT2D eigenvalue weighted by atomic mass is 10.1. The fraction of sp³-hybridized carbons (Fsp3) is 0.500. The zero-order chi connectivity index (χ0) is 31.0. The summed E-state index contributed by atoms with van der Waals surface area (Å²) in [4.78, 5) is 46.1. The second kappa shape index (κ2) is 12.7. The van der Waals surface area contributed by atoms with Gasteiger partial charge >= 0.3 is 13.5 Å². The molecule has 0 radical (unpaired) electrons. The number of thiol groups is 1. The number of nitrogens with two attached hydrogens (primary N) is 2. The van der Waals surface area contributed by atoms with Crippen molar-refractivity contribution in [1.29, 1.82) is 0 Å². The molecule has 0 saturated carbocycles. The minimum Gasteiger partial charge on any atom is -0.382 e. The third kappa shape index (κ3) is 6.29. The fourth-order valence-corrected chi connectivity index (χ4v) is 8.16. The number of hydrogen-bond donors (Lipinski definition) is 7. The SMILES string of the molecule is N.N.Nc1nc2c(ncn2[C@@H]2O[C@@H]3COP(=O)(S)O[C@H]4C[C@H](n5cnc6c(N)ncnc65)O[C@@H]4COP(O)(=S)O[C@@H]2[C@@H]3F)c(=O)[nH]1. The number of halogens is 1. The molecule has 46 heavy (non-hydrogen) atoms. The molecule has 4 aromatic heterocycles. The lowest BCUT2D eigenvalue weighted by Crippen LogP contribution is -2.32. The maximum absolute atomic E-state index is 15.8. The van der Waals surface area contributed by atoms with Crippen LogP contribution < -0.4 is 29.3 Å². The van der Waals surface area contributed by atoms with Crippen LogP contribution in [0.4, 0.5) is 16.2 Å². The number of H-pyrrole nitrogens is 1. The van der Waals surface area contributed by atoms with Crippen molar-refractivity contribution in [3.8, 4) is 0 Å². The van der Waals surface area contributed by atoms with Gasteiger partial charge in [0.25, 0.3) is 5.56 Å². The number of aromatic amines is 1. The Kier molecular flexibility index (Phi) is 9.58. The molecule has 3 aliphatic heterocycles. The Bertz CT molecular complexity index is 1920. The molecule has 2 bridgehead atoms. The number of alkyl halides is 1. The summed E-state index contributed by atoms with van der Waals surface area (Å²) in [6.07, 6.45) is -5.17. The van der Waals surface area contributed by atoms with Crippen LogP contribution in [0.1, 0.15) is 18.9 Å². The van der Waals surface area contributed by atoms with Crippen LogP contribution >= 0.6 is 25.8 Å². The van der Waals surface area contributed by atoms with Crippen molar-refractivity contribution in [3.05, 3.63) is 29.3 Å². The first-order chi connectivity index (χ1) is 20.9. The molecule has 0 spiro atoms. The predicted molar refractivity (Wildman–Crippen MR) is 164 cm³/mol. The van der Waals surface area contributed by atoms with E-state index in [0.29, 0.717) is 11.2 Å². The van der Waals surface area contributed by atoms with Gasteiger partial charge in [-0.1, -0.05) is 12.2 Å². The highest BCUT2D eigenvalue weighted by atomic mass is 32.7. The maximum atomic E-state index is 15.8. The van der Waals surface area contributed by atoms with E-state index in [1.807, 2.05) is 0 Å². The standard InChI is InChI=1S/C20H23FN10O9P2S2.2H3N/c21-11-9-3-36-41(33,43)39-7-1-10(30-5-26-12-15(22)24-4-25-16(12)30)37-8(7)2-35-42(34,44)40-14(11)19(38-9)31-6-27-13-17(31)28-20(23)29-18(13)32;;/h4-11,14,19H,1-3H2,(H,33,43)(H,34,44)(H2,22,24,25)(H3,23,28,29,32);2*1H3/t7-,8+,9+,10+,11+,14+,19+,41?,42?;;/m0../s1. The van der Waals surface area contributed by atoms with Crippen molar-refractivity contribution in [2.45, 2.75) is 49.5 Å². The van der Waals surface area contributed by atoms with Crippen molar-refractivity contribution >= 4 is 71.7 Å². The average Bonchev–Trinajstić information content (AvgIpc) is 3.72. The second-order valence-electron chi connectivity index (χ2n) is 9.98. The van der Waals surface area contributed by atoms with Gasteiger partial charge in [0.05, 0.1) is 25.9 Å². The lowest BCUT2D eigenvalue weighted by molar-refractivity contribution is -0.0581. The molecule has 7 rings (SSSR count). The van der Waals surface area contributed by atoms with Crippen LogP contribution in [0.5, 0.6) is 0 Å². The lowest BCUT2D eigenvalue weighted by Gasteiger charge is -2.27. The van der Waals surface area contributed by atoms with Crippen molar-refractivity contribution < 1.29 is 41.4 Å². The highest BCUT2D eigenvalue weighted by Gasteiger charge is 2.52. The third-order valence-electron chi connectivity index (χ3n) is 7.19. The van der Waals surface area contributed by atoms with E-state index in [1.54, 1.807) is 4.57 Å². The number of fused-ring (bicyclic) bond motifs is 5. The second-order valence-corrected chi connectivity index (χ2v) is 15.6. The van der Waals surface area contributed by atoms with Crippen LogP contribution in [-0.4, -0.2) is 87.7 Å². The van der Waals surface area contributed by atoms with Gasteiger partial charge in [0.1, 0.15) is 42.5 Å². The Morgan fingerprint density at radius 2 is 1.72 bits per heavy atom. The Labute approximate surface area is 267 Å². The maximum Gasteiger partial charge on any atom is 0.386 e. The van der Waals surface area contributed by atoms with Crippen molar-refractivity contribution in [2.24, 2.45) is 0 Å². The molecule has 0 aromatic carbocycles. The van der Waals surface area contributed by atoms with E-state index < -0.39 is 75.3 Å². The molecule has 0 amide bonds.